The normalized spacial score (nSPS) is 25.0. The summed E-state index contributed by atoms with van der Waals surface area (Å²) in [6, 6.07) is 8.94. The van der Waals surface area contributed by atoms with Crippen LogP contribution in [0, 0.1) is 5.41 Å². The number of nitrogens with zero attached hydrogens (tertiary/aromatic N) is 3. The third-order valence-corrected chi connectivity index (χ3v) is 6.84. The van der Waals surface area contributed by atoms with Crippen LogP contribution in [0.5, 0.6) is 0 Å². The van der Waals surface area contributed by atoms with Gasteiger partial charge < -0.3 is 15.5 Å². The van der Waals surface area contributed by atoms with E-state index in [1.165, 1.54) is 11.3 Å². The van der Waals surface area contributed by atoms with Gasteiger partial charge in [-0.15, -0.1) is 0 Å². The number of allylic oxidation sites excluding steroid dienone is 1. The van der Waals surface area contributed by atoms with Crippen LogP contribution >= 0.6 is 0 Å². The van der Waals surface area contributed by atoms with Crippen molar-refractivity contribution in [2.45, 2.75) is 38.8 Å². The Kier molecular flexibility index (Phi) is 5.45. The number of anilines is 1. The van der Waals surface area contributed by atoms with Crippen molar-refractivity contribution in [2.24, 2.45) is 11.1 Å². The number of fused-ring (bicyclic) bond motifs is 1. The first-order valence-electron chi connectivity index (χ1n) is 10.8. The fourth-order valence-corrected chi connectivity index (χ4v) is 5.10. The molecule has 30 heavy (non-hydrogen) atoms. The maximum absolute atomic E-state index is 13.2. The van der Waals surface area contributed by atoms with Gasteiger partial charge in [-0.05, 0) is 37.0 Å². The van der Waals surface area contributed by atoms with Crippen LogP contribution in [0.4, 0.5) is 5.69 Å². The second-order valence-electron chi connectivity index (χ2n) is 9.32. The Morgan fingerprint density at radius 2 is 1.87 bits per heavy atom. The SMILES string of the molecule is CN(C)c1ccc(CN2CCC(N3CC4(C)CC=CC(C(N)=O)=C4C3=O)CC2)cc1. The number of amides is 2. The van der Waals surface area contributed by atoms with Crippen LogP contribution in [-0.4, -0.2) is 61.4 Å². The van der Waals surface area contributed by atoms with E-state index in [4.69, 9.17) is 5.73 Å². The fraction of sp³-hybridized carbons (Fsp3) is 0.500. The first-order chi connectivity index (χ1) is 14.3. The van der Waals surface area contributed by atoms with E-state index in [1.54, 1.807) is 6.08 Å². The average Bonchev–Trinajstić information content (AvgIpc) is 3.00. The zero-order chi connectivity index (χ0) is 21.5. The van der Waals surface area contributed by atoms with Crippen LogP contribution in [0.25, 0.3) is 0 Å². The summed E-state index contributed by atoms with van der Waals surface area (Å²) in [5.41, 5.74) is 8.80. The molecule has 6 nitrogen and oxygen atoms in total. The number of nitrogens with two attached hydrogens (primary N) is 1. The van der Waals surface area contributed by atoms with E-state index in [2.05, 4.69) is 55.1 Å². The molecule has 2 heterocycles. The average molecular weight is 409 g/mol. The third-order valence-electron chi connectivity index (χ3n) is 6.84. The van der Waals surface area contributed by atoms with Crippen molar-refractivity contribution < 1.29 is 9.59 Å². The number of carbonyl (C=O) groups is 2. The number of benzene rings is 1. The Balaban J connectivity index is 1.39. The molecule has 1 aliphatic carbocycles. The molecule has 2 saturated heterocycles. The van der Waals surface area contributed by atoms with Gasteiger partial charge in [-0.1, -0.05) is 31.2 Å². The van der Waals surface area contributed by atoms with Crippen LogP contribution in [0.2, 0.25) is 0 Å². The molecular formula is C24H32N4O2. The minimum Gasteiger partial charge on any atom is -0.378 e. The van der Waals surface area contributed by atoms with Gasteiger partial charge >= 0.3 is 0 Å². The van der Waals surface area contributed by atoms with Crippen LogP contribution in [0.3, 0.4) is 0 Å². The van der Waals surface area contributed by atoms with Crippen LogP contribution in [0.1, 0.15) is 31.7 Å². The van der Waals surface area contributed by atoms with Gasteiger partial charge in [0.1, 0.15) is 0 Å². The van der Waals surface area contributed by atoms with Crippen molar-refractivity contribution in [3.8, 4) is 0 Å². The molecule has 2 amide bonds. The molecule has 1 atom stereocenters. The van der Waals surface area contributed by atoms with Crippen LogP contribution in [0.15, 0.2) is 47.6 Å². The van der Waals surface area contributed by atoms with E-state index in [0.29, 0.717) is 17.7 Å². The summed E-state index contributed by atoms with van der Waals surface area (Å²) in [4.78, 5) is 31.7. The summed E-state index contributed by atoms with van der Waals surface area (Å²) in [7, 11) is 4.10. The second-order valence-corrected chi connectivity index (χ2v) is 9.32. The van der Waals surface area contributed by atoms with Crippen molar-refractivity contribution in [3.63, 3.8) is 0 Å². The van der Waals surface area contributed by atoms with Crippen molar-refractivity contribution in [3.05, 3.63) is 53.1 Å². The predicted octanol–water partition coefficient (Wildman–Crippen LogP) is 2.31. The van der Waals surface area contributed by atoms with Crippen molar-refractivity contribution in [1.82, 2.24) is 9.80 Å². The van der Waals surface area contributed by atoms with Crippen LogP contribution < -0.4 is 10.6 Å². The molecule has 160 valence electrons. The summed E-state index contributed by atoms with van der Waals surface area (Å²) >= 11 is 0. The Morgan fingerprint density at radius 3 is 2.47 bits per heavy atom. The van der Waals surface area contributed by atoms with E-state index in [0.717, 1.165) is 38.9 Å². The molecular weight excluding hydrogens is 376 g/mol. The number of carbonyl (C=O) groups excluding carboxylic acids is 2. The van der Waals surface area contributed by atoms with Gasteiger partial charge in [-0.25, -0.2) is 0 Å². The lowest BCUT2D eigenvalue weighted by atomic mass is 9.76. The lowest BCUT2D eigenvalue weighted by Gasteiger charge is -2.37. The Morgan fingerprint density at radius 1 is 1.20 bits per heavy atom. The van der Waals surface area contributed by atoms with Gasteiger partial charge in [0, 0.05) is 68.6 Å². The first-order valence-corrected chi connectivity index (χ1v) is 10.8. The third kappa shape index (κ3) is 3.76. The summed E-state index contributed by atoms with van der Waals surface area (Å²) in [5.74, 6) is -0.495. The summed E-state index contributed by atoms with van der Waals surface area (Å²) in [6.45, 7) is 5.65. The molecule has 1 aromatic rings. The first kappa shape index (κ1) is 20.7. The predicted molar refractivity (Wildman–Crippen MR) is 119 cm³/mol. The van der Waals surface area contributed by atoms with Crippen molar-refractivity contribution >= 4 is 17.5 Å². The van der Waals surface area contributed by atoms with E-state index in [9.17, 15) is 9.59 Å². The molecule has 1 aromatic carbocycles. The molecule has 1 unspecified atom stereocenters. The minimum atomic E-state index is -0.502. The lowest BCUT2D eigenvalue weighted by molar-refractivity contribution is -0.128. The van der Waals surface area contributed by atoms with Gasteiger partial charge in [-0.3, -0.25) is 14.5 Å². The highest BCUT2D eigenvalue weighted by atomic mass is 16.2. The number of primary amides is 1. The zero-order valence-electron chi connectivity index (χ0n) is 18.2. The monoisotopic (exact) mass is 408 g/mol. The molecule has 0 aromatic heterocycles. The van der Waals surface area contributed by atoms with Crippen LogP contribution in [-0.2, 0) is 16.1 Å². The standard InChI is InChI=1S/C24H32N4O2/c1-24-12-4-5-20(22(25)29)21(24)23(30)28(16-24)19-10-13-27(14-11-19)15-17-6-8-18(9-7-17)26(2)3/h4-9,19H,10-16H2,1-3H3,(H2,25,29). The zero-order valence-corrected chi connectivity index (χ0v) is 18.2. The molecule has 2 aliphatic heterocycles. The number of piperidine rings is 1. The van der Waals surface area contributed by atoms with Gasteiger partial charge in [0.25, 0.3) is 5.91 Å². The molecule has 6 heteroatoms. The van der Waals surface area contributed by atoms with Gasteiger partial charge in [0.05, 0.1) is 0 Å². The lowest BCUT2D eigenvalue weighted by Crippen LogP contribution is -2.45. The largest absolute Gasteiger partial charge is 0.378 e. The number of likely N-dealkylation sites (tertiary alicyclic amines) is 2. The van der Waals surface area contributed by atoms with Gasteiger partial charge in [0.15, 0.2) is 0 Å². The van der Waals surface area contributed by atoms with Gasteiger partial charge in [0.2, 0.25) is 5.91 Å². The molecule has 4 rings (SSSR count). The number of rotatable bonds is 5. The topological polar surface area (TPSA) is 69.9 Å². The summed E-state index contributed by atoms with van der Waals surface area (Å²) in [6.07, 6.45) is 6.41. The smallest absolute Gasteiger partial charge is 0.251 e. The highest BCUT2D eigenvalue weighted by molar-refractivity contribution is 6.08. The fourth-order valence-electron chi connectivity index (χ4n) is 5.10. The second kappa shape index (κ2) is 7.91. The molecule has 2 N–H and O–H groups in total. The number of hydrogen-bond acceptors (Lipinski definition) is 4. The summed E-state index contributed by atoms with van der Waals surface area (Å²) < 4.78 is 0. The summed E-state index contributed by atoms with van der Waals surface area (Å²) in [5, 5.41) is 0. The molecule has 0 spiro atoms. The quantitative estimate of drug-likeness (QED) is 0.812. The minimum absolute atomic E-state index is 0.00775. The maximum atomic E-state index is 13.2. The molecule has 2 fully saturated rings. The molecule has 3 aliphatic rings. The van der Waals surface area contributed by atoms with Crippen molar-refractivity contribution in [1.29, 1.82) is 0 Å². The van der Waals surface area contributed by atoms with E-state index in [1.807, 2.05) is 11.0 Å². The number of hydrogen-bond donors (Lipinski definition) is 1. The maximum Gasteiger partial charge on any atom is 0.251 e. The molecule has 0 saturated carbocycles. The Hall–Kier alpha value is -2.60. The van der Waals surface area contributed by atoms with E-state index in [-0.39, 0.29) is 17.4 Å². The van der Waals surface area contributed by atoms with Gasteiger partial charge in [-0.2, -0.15) is 0 Å². The van der Waals surface area contributed by atoms with E-state index < -0.39 is 5.91 Å². The Labute approximate surface area is 179 Å². The highest BCUT2D eigenvalue weighted by Gasteiger charge is 2.49. The highest BCUT2D eigenvalue weighted by Crippen LogP contribution is 2.45. The van der Waals surface area contributed by atoms with Crippen molar-refractivity contribution in [2.75, 3.05) is 38.6 Å². The van der Waals surface area contributed by atoms with E-state index >= 15 is 0 Å². The Bertz CT molecular complexity index is 894. The molecule has 0 bridgehead atoms. The molecule has 0 radical (unpaired) electrons.